The highest BCUT2D eigenvalue weighted by molar-refractivity contribution is 7.11. The van der Waals surface area contributed by atoms with Crippen molar-refractivity contribution in [2.24, 2.45) is 10.7 Å². The van der Waals surface area contributed by atoms with Gasteiger partial charge in [-0.1, -0.05) is 24.8 Å². The Balaban J connectivity index is 1.95. The van der Waals surface area contributed by atoms with E-state index in [0.29, 0.717) is 29.2 Å². The Bertz CT molecular complexity index is 663. The number of nitrogens with zero attached hydrogens (tertiary/aromatic N) is 2. The molecule has 3 rings (SSSR count). The average Bonchev–Trinajstić information content (AvgIpc) is 3.02. The lowest BCUT2D eigenvalue weighted by Crippen LogP contribution is -2.32. The van der Waals surface area contributed by atoms with Crippen LogP contribution < -0.4 is 15.9 Å². The van der Waals surface area contributed by atoms with Gasteiger partial charge >= 0.3 is 4.87 Å². The van der Waals surface area contributed by atoms with Crippen molar-refractivity contribution < 1.29 is 9.84 Å². The quantitative estimate of drug-likeness (QED) is 0.769. The number of aliphatic hydroxyl groups excluding tert-OH is 1. The van der Waals surface area contributed by atoms with Gasteiger partial charge in [-0.15, -0.1) is 0 Å². The maximum absolute atomic E-state index is 12.3. The summed E-state index contributed by atoms with van der Waals surface area (Å²) < 4.78 is 7.35. The summed E-state index contributed by atoms with van der Waals surface area (Å²) in [6, 6.07) is 0. The molecule has 21 heavy (non-hydrogen) atoms. The predicted octanol–water partition coefficient (Wildman–Crippen LogP) is 0.878. The number of nitrogens with two attached hydrogens (primary N) is 1. The molecule has 0 bridgehead atoms. The second-order valence-corrected chi connectivity index (χ2v) is 6.14. The zero-order chi connectivity index (χ0) is 15.1. The van der Waals surface area contributed by atoms with Crippen LogP contribution in [-0.2, 0) is 4.74 Å². The topological polar surface area (TPSA) is 102 Å². The fourth-order valence-electron chi connectivity index (χ4n) is 2.67. The first-order chi connectivity index (χ1) is 10.0. The molecule has 0 radical (unpaired) electrons. The van der Waals surface area contributed by atoms with Gasteiger partial charge in [0.2, 0.25) is 0 Å². The van der Waals surface area contributed by atoms with Crippen LogP contribution in [0.1, 0.15) is 37.3 Å². The van der Waals surface area contributed by atoms with Crippen LogP contribution in [0.25, 0.3) is 5.70 Å². The van der Waals surface area contributed by atoms with Crippen LogP contribution in [-0.4, -0.2) is 27.8 Å². The smallest absolute Gasteiger partial charge is 0.311 e. The van der Waals surface area contributed by atoms with E-state index in [4.69, 9.17) is 10.5 Å². The highest BCUT2D eigenvalue weighted by atomic mass is 32.1. The standard InChI is InChI=1S/C13H18N4O3S/c1-3-7(18)8-4-5-9(20-8)17-11-10(21-13(17)19)6(2)15-12(14)16-11/h7-9,18H,2-5H2,1H3,(H3,14,15,16)/t7-,8-,9+/m0/s1. The Labute approximate surface area is 125 Å². The molecule has 0 aromatic carbocycles. The molecule has 3 heterocycles. The minimum Gasteiger partial charge on any atom is -0.390 e. The van der Waals surface area contributed by atoms with E-state index in [1.54, 1.807) is 0 Å². The van der Waals surface area contributed by atoms with Crippen molar-refractivity contribution in [2.75, 3.05) is 0 Å². The first-order valence-electron chi connectivity index (χ1n) is 6.90. The van der Waals surface area contributed by atoms with E-state index in [1.165, 1.54) is 4.57 Å². The molecule has 2 aliphatic heterocycles. The van der Waals surface area contributed by atoms with E-state index >= 15 is 0 Å². The number of ether oxygens (including phenoxy) is 1. The normalized spacial score (nSPS) is 26.2. The zero-order valence-electron chi connectivity index (χ0n) is 11.7. The molecule has 7 nitrogen and oxygen atoms in total. The Morgan fingerprint density at radius 1 is 1.67 bits per heavy atom. The number of rotatable bonds is 3. The first-order valence-corrected chi connectivity index (χ1v) is 7.72. The molecule has 0 amide bonds. The van der Waals surface area contributed by atoms with Crippen LogP contribution >= 0.6 is 11.3 Å². The molecule has 1 aromatic rings. The Kier molecular flexibility index (Phi) is 3.60. The molecule has 1 aromatic heterocycles. The number of fused-ring (bicyclic) bond motifs is 1. The van der Waals surface area contributed by atoms with Crippen LogP contribution in [0.2, 0.25) is 0 Å². The number of nitrogens with one attached hydrogen (secondary N) is 1. The van der Waals surface area contributed by atoms with Gasteiger partial charge in [0.15, 0.2) is 11.8 Å². The van der Waals surface area contributed by atoms with Gasteiger partial charge in [0.1, 0.15) is 6.23 Å². The van der Waals surface area contributed by atoms with E-state index in [-0.39, 0.29) is 16.9 Å². The van der Waals surface area contributed by atoms with Crippen molar-refractivity contribution >= 4 is 28.8 Å². The summed E-state index contributed by atoms with van der Waals surface area (Å²) in [5, 5.41) is 12.7. The van der Waals surface area contributed by atoms with Crippen molar-refractivity contribution in [3.8, 4) is 0 Å². The van der Waals surface area contributed by atoms with E-state index in [0.717, 1.165) is 17.8 Å². The molecule has 114 valence electrons. The molecule has 0 spiro atoms. The average molecular weight is 310 g/mol. The number of aliphatic hydroxyl groups is 1. The molecule has 1 saturated heterocycles. The lowest BCUT2D eigenvalue weighted by Gasteiger charge is -2.20. The lowest BCUT2D eigenvalue weighted by molar-refractivity contribution is -0.0597. The Morgan fingerprint density at radius 3 is 3.14 bits per heavy atom. The fraction of sp³-hybridized carbons (Fsp3) is 0.538. The summed E-state index contributed by atoms with van der Waals surface area (Å²) in [6.45, 7) is 5.75. The van der Waals surface area contributed by atoms with E-state index < -0.39 is 12.3 Å². The third-order valence-electron chi connectivity index (χ3n) is 3.76. The monoisotopic (exact) mass is 310 g/mol. The predicted molar refractivity (Wildman–Crippen MR) is 81.5 cm³/mol. The van der Waals surface area contributed by atoms with Crippen molar-refractivity contribution in [3.05, 3.63) is 21.1 Å². The highest BCUT2D eigenvalue weighted by Gasteiger charge is 2.34. The third-order valence-corrected chi connectivity index (χ3v) is 4.77. The van der Waals surface area contributed by atoms with Crippen LogP contribution in [0.3, 0.4) is 0 Å². The van der Waals surface area contributed by atoms with Gasteiger partial charge < -0.3 is 20.9 Å². The van der Waals surface area contributed by atoms with Crippen molar-refractivity contribution in [2.45, 2.75) is 44.6 Å². The largest absolute Gasteiger partial charge is 0.390 e. The van der Waals surface area contributed by atoms with E-state index in [2.05, 4.69) is 16.9 Å². The SMILES string of the molecule is C=C1NC(N)=Nc2c1sc(=O)n2[C@H]1CC[C@@H]([C@@H](O)CC)O1. The molecule has 0 saturated carbocycles. The Hall–Kier alpha value is -1.64. The molecule has 0 aliphatic carbocycles. The molecule has 3 atom stereocenters. The van der Waals surface area contributed by atoms with E-state index in [1.807, 2.05) is 6.92 Å². The van der Waals surface area contributed by atoms with Crippen LogP contribution in [0.4, 0.5) is 5.82 Å². The molecular weight excluding hydrogens is 292 g/mol. The third kappa shape index (κ3) is 2.39. The Morgan fingerprint density at radius 2 is 2.43 bits per heavy atom. The van der Waals surface area contributed by atoms with E-state index in [9.17, 15) is 9.90 Å². The first kappa shape index (κ1) is 14.3. The summed E-state index contributed by atoms with van der Waals surface area (Å²) in [6.07, 6.45) is 0.847. The minimum atomic E-state index is -0.509. The molecule has 4 N–H and O–H groups in total. The van der Waals surface area contributed by atoms with Gasteiger partial charge in [0.25, 0.3) is 0 Å². The molecule has 1 fully saturated rings. The van der Waals surface area contributed by atoms with Gasteiger partial charge in [-0.25, -0.2) is 0 Å². The number of aromatic nitrogens is 1. The van der Waals surface area contributed by atoms with Crippen LogP contribution in [0.15, 0.2) is 16.4 Å². The highest BCUT2D eigenvalue weighted by Crippen LogP contribution is 2.37. The van der Waals surface area contributed by atoms with Gasteiger partial charge in [-0.2, -0.15) is 4.99 Å². The number of aliphatic imine (C=N–C) groups is 1. The fourth-order valence-corrected chi connectivity index (χ4v) is 3.55. The number of hydrogen-bond donors (Lipinski definition) is 3. The van der Waals surface area contributed by atoms with Crippen LogP contribution in [0.5, 0.6) is 0 Å². The lowest BCUT2D eigenvalue weighted by atomic mass is 10.1. The summed E-state index contributed by atoms with van der Waals surface area (Å²) >= 11 is 1.07. The number of guanidine groups is 1. The summed E-state index contributed by atoms with van der Waals surface area (Å²) in [5.41, 5.74) is 6.27. The van der Waals surface area contributed by atoms with Crippen molar-refractivity contribution in [1.29, 1.82) is 0 Å². The minimum absolute atomic E-state index is 0.155. The number of thiazole rings is 1. The molecule has 0 unspecified atom stereocenters. The van der Waals surface area contributed by atoms with Crippen molar-refractivity contribution in [1.82, 2.24) is 9.88 Å². The summed E-state index contributed by atoms with van der Waals surface area (Å²) in [4.78, 5) is 17.0. The van der Waals surface area contributed by atoms with Gasteiger partial charge in [0.05, 0.1) is 22.8 Å². The number of hydrogen-bond acceptors (Lipinski definition) is 7. The maximum atomic E-state index is 12.3. The second-order valence-electron chi connectivity index (χ2n) is 5.17. The van der Waals surface area contributed by atoms with Gasteiger partial charge in [0, 0.05) is 0 Å². The van der Waals surface area contributed by atoms with Gasteiger partial charge in [-0.3, -0.25) is 9.36 Å². The molecular formula is C13H18N4O3S. The van der Waals surface area contributed by atoms with Crippen molar-refractivity contribution in [3.63, 3.8) is 0 Å². The second kappa shape index (κ2) is 5.28. The van der Waals surface area contributed by atoms with Gasteiger partial charge in [-0.05, 0) is 19.3 Å². The summed E-state index contributed by atoms with van der Waals surface area (Å²) in [5.74, 6) is 0.699. The summed E-state index contributed by atoms with van der Waals surface area (Å²) in [7, 11) is 0. The maximum Gasteiger partial charge on any atom is 0.311 e. The zero-order valence-corrected chi connectivity index (χ0v) is 12.5. The molecule has 2 aliphatic rings. The molecule has 8 heteroatoms. The van der Waals surface area contributed by atoms with Crippen LogP contribution in [0, 0.1) is 0 Å².